The van der Waals surface area contributed by atoms with Gasteiger partial charge in [0.25, 0.3) is 5.91 Å². The van der Waals surface area contributed by atoms with Crippen molar-refractivity contribution in [2.24, 2.45) is 12.8 Å². The predicted molar refractivity (Wildman–Crippen MR) is 59.7 cm³/mol. The van der Waals surface area contributed by atoms with Crippen LogP contribution in [0.1, 0.15) is 16.2 Å². The Hall–Kier alpha value is -2.17. The normalized spacial score (nSPS) is 10.4. The van der Waals surface area contributed by atoms with Crippen molar-refractivity contribution < 1.29 is 4.79 Å². The van der Waals surface area contributed by atoms with Gasteiger partial charge in [-0.2, -0.15) is 5.10 Å². The number of rotatable bonds is 2. The highest BCUT2D eigenvalue weighted by molar-refractivity contribution is 5.97. The molecule has 0 saturated carbocycles. The summed E-state index contributed by atoms with van der Waals surface area (Å²) in [6.45, 7) is 1.93. The van der Waals surface area contributed by atoms with Crippen molar-refractivity contribution in [2.75, 3.05) is 0 Å². The zero-order valence-electron chi connectivity index (χ0n) is 9.14. The molecule has 0 fully saturated rings. The smallest absolute Gasteiger partial charge is 0.267 e. The third kappa shape index (κ3) is 1.56. The lowest BCUT2D eigenvalue weighted by Gasteiger charge is -2.04. The molecule has 0 unspecified atom stereocenters. The minimum atomic E-state index is -0.529. The van der Waals surface area contributed by atoms with Gasteiger partial charge >= 0.3 is 0 Å². The predicted octanol–water partition coefficient (Wildman–Crippen LogP) is 0.889. The van der Waals surface area contributed by atoms with Crippen LogP contribution < -0.4 is 5.73 Å². The standard InChI is InChI=1S/C11H12N4O/c1-7-9(6-14-15(7)2)8-4-3-5-13-10(8)11(12)16/h3-6H,1-2H3,(H2,12,16). The maximum absolute atomic E-state index is 11.2. The van der Waals surface area contributed by atoms with Crippen molar-refractivity contribution >= 4 is 5.91 Å². The second kappa shape index (κ2) is 3.77. The molecule has 0 saturated heterocycles. The zero-order valence-corrected chi connectivity index (χ0v) is 9.14. The molecular formula is C11H12N4O. The number of aromatic nitrogens is 3. The van der Waals surface area contributed by atoms with E-state index in [0.717, 1.165) is 16.8 Å². The molecule has 0 spiro atoms. The number of primary amides is 1. The van der Waals surface area contributed by atoms with E-state index in [0.29, 0.717) is 0 Å². The van der Waals surface area contributed by atoms with Crippen LogP contribution in [-0.4, -0.2) is 20.7 Å². The van der Waals surface area contributed by atoms with Gasteiger partial charge in [0.15, 0.2) is 0 Å². The summed E-state index contributed by atoms with van der Waals surface area (Å²) in [6.07, 6.45) is 3.26. The molecule has 2 aromatic heterocycles. The molecular weight excluding hydrogens is 204 g/mol. The SMILES string of the molecule is Cc1c(-c2cccnc2C(N)=O)cnn1C. The van der Waals surface area contributed by atoms with Gasteiger partial charge in [-0.3, -0.25) is 14.5 Å². The minimum Gasteiger partial charge on any atom is -0.364 e. The third-order valence-electron chi connectivity index (χ3n) is 2.57. The summed E-state index contributed by atoms with van der Waals surface area (Å²) < 4.78 is 1.74. The second-order valence-corrected chi connectivity index (χ2v) is 3.53. The van der Waals surface area contributed by atoms with Crippen LogP contribution in [0.4, 0.5) is 0 Å². The topological polar surface area (TPSA) is 73.8 Å². The van der Waals surface area contributed by atoms with Crippen molar-refractivity contribution in [2.45, 2.75) is 6.92 Å². The molecule has 0 aliphatic heterocycles. The highest BCUT2D eigenvalue weighted by atomic mass is 16.1. The Balaban J connectivity index is 2.64. The van der Waals surface area contributed by atoms with E-state index in [-0.39, 0.29) is 5.69 Å². The van der Waals surface area contributed by atoms with E-state index in [9.17, 15) is 4.79 Å². The number of nitrogens with two attached hydrogens (primary N) is 1. The van der Waals surface area contributed by atoms with Crippen LogP contribution in [0.15, 0.2) is 24.5 Å². The summed E-state index contributed by atoms with van der Waals surface area (Å²) in [5, 5.41) is 4.13. The quantitative estimate of drug-likeness (QED) is 0.810. The zero-order chi connectivity index (χ0) is 11.7. The van der Waals surface area contributed by atoms with E-state index in [2.05, 4.69) is 10.1 Å². The van der Waals surface area contributed by atoms with Crippen molar-refractivity contribution in [3.8, 4) is 11.1 Å². The van der Waals surface area contributed by atoms with E-state index in [1.165, 1.54) is 0 Å². The molecule has 0 aromatic carbocycles. The molecule has 0 atom stereocenters. The molecule has 0 bridgehead atoms. The van der Waals surface area contributed by atoms with Gasteiger partial charge in [0.2, 0.25) is 0 Å². The highest BCUT2D eigenvalue weighted by Crippen LogP contribution is 2.24. The van der Waals surface area contributed by atoms with Crippen molar-refractivity contribution in [3.63, 3.8) is 0 Å². The molecule has 82 valence electrons. The summed E-state index contributed by atoms with van der Waals surface area (Å²) in [7, 11) is 1.85. The Morgan fingerprint density at radius 1 is 1.44 bits per heavy atom. The fourth-order valence-electron chi connectivity index (χ4n) is 1.58. The summed E-state index contributed by atoms with van der Waals surface area (Å²) >= 11 is 0. The Morgan fingerprint density at radius 2 is 2.19 bits per heavy atom. The Kier molecular flexibility index (Phi) is 2.44. The van der Waals surface area contributed by atoms with Crippen LogP contribution in [0.5, 0.6) is 0 Å². The monoisotopic (exact) mass is 216 g/mol. The molecule has 5 heteroatoms. The Bertz CT molecular complexity index is 545. The maximum Gasteiger partial charge on any atom is 0.267 e. The number of hydrogen-bond donors (Lipinski definition) is 1. The number of amides is 1. The molecule has 0 aliphatic carbocycles. The van der Waals surface area contributed by atoms with Gasteiger partial charge in [0, 0.05) is 30.1 Å². The number of aryl methyl sites for hydroxylation is 1. The van der Waals surface area contributed by atoms with Gasteiger partial charge < -0.3 is 5.73 Å². The molecule has 16 heavy (non-hydrogen) atoms. The molecule has 2 rings (SSSR count). The molecule has 2 heterocycles. The van der Waals surface area contributed by atoms with Gasteiger partial charge in [-0.25, -0.2) is 0 Å². The second-order valence-electron chi connectivity index (χ2n) is 3.53. The summed E-state index contributed by atoms with van der Waals surface area (Å²) in [4.78, 5) is 15.2. The maximum atomic E-state index is 11.2. The summed E-state index contributed by atoms with van der Waals surface area (Å²) in [5.41, 5.74) is 8.13. The molecule has 0 radical (unpaired) electrons. The third-order valence-corrected chi connectivity index (χ3v) is 2.57. The average Bonchev–Trinajstić information content (AvgIpc) is 2.60. The van der Waals surface area contributed by atoms with Gasteiger partial charge in [0.05, 0.1) is 6.20 Å². The van der Waals surface area contributed by atoms with Crippen LogP contribution in [0.25, 0.3) is 11.1 Å². The Labute approximate surface area is 92.9 Å². The molecule has 0 aliphatic rings. The van der Waals surface area contributed by atoms with E-state index < -0.39 is 5.91 Å². The average molecular weight is 216 g/mol. The van der Waals surface area contributed by atoms with Crippen LogP contribution in [0.3, 0.4) is 0 Å². The summed E-state index contributed by atoms with van der Waals surface area (Å²) in [6, 6.07) is 3.59. The van der Waals surface area contributed by atoms with Crippen LogP contribution in [0, 0.1) is 6.92 Å². The van der Waals surface area contributed by atoms with E-state index >= 15 is 0 Å². The summed E-state index contributed by atoms with van der Waals surface area (Å²) in [5.74, 6) is -0.529. The van der Waals surface area contributed by atoms with Gasteiger partial charge in [-0.05, 0) is 13.0 Å². The van der Waals surface area contributed by atoms with Crippen molar-refractivity contribution in [1.29, 1.82) is 0 Å². The number of hydrogen-bond acceptors (Lipinski definition) is 3. The number of carbonyl (C=O) groups is 1. The minimum absolute atomic E-state index is 0.276. The van der Waals surface area contributed by atoms with Crippen LogP contribution in [0.2, 0.25) is 0 Å². The fourth-order valence-corrected chi connectivity index (χ4v) is 1.58. The van der Waals surface area contributed by atoms with Crippen molar-refractivity contribution in [1.82, 2.24) is 14.8 Å². The molecule has 2 aromatic rings. The Morgan fingerprint density at radius 3 is 2.75 bits per heavy atom. The number of carbonyl (C=O) groups excluding carboxylic acids is 1. The molecule has 5 nitrogen and oxygen atoms in total. The number of nitrogens with zero attached hydrogens (tertiary/aromatic N) is 3. The van der Waals surface area contributed by atoms with Crippen molar-refractivity contribution in [3.05, 3.63) is 35.9 Å². The first-order chi connectivity index (χ1) is 7.61. The van der Waals surface area contributed by atoms with Gasteiger partial charge in [0.1, 0.15) is 5.69 Å². The van der Waals surface area contributed by atoms with Crippen LogP contribution in [-0.2, 0) is 7.05 Å². The largest absolute Gasteiger partial charge is 0.364 e. The van der Waals surface area contributed by atoms with E-state index in [1.54, 1.807) is 23.1 Å². The highest BCUT2D eigenvalue weighted by Gasteiger charge is 2.14. The lowest BCUT2D eigenvalue weighted by molar-refractivity contribution is 0.0996. The van der Waals surface area contributed by atoms with E-state index in [1.807, 2.05) is 20.0 Å². The fraction of sp³-hybridized carbons (Fsp3) is 0.182. The lowest BCUT2D eigenvalue weighted by Crippen LogP contribution is -2.14. The van der Waals surface area contributed by atoms with Gasteiger partial charge in [-0.15, -0.1) is 0 Å². The number of pyridine rings is 1. The molecule has 2 N–H and O–H groups in total. The molecule has 1 amide bonds. The van der Waals surface area contributed by atoms with Gasteiger partial charge in [-0.1, -0.05) is 6.07 Å². The first kappa shape index (κ1) is 10.4. The first-order valence-corrected chi connectivity index (χ1v) is 4.85. The van der Waals surface area contributed by atoms with Crippen LogP contribution >= 0.6 is 0 Å². The van der Waals surface area contributed by atoms with E-state index in [4.69, 9.17) is 5.73 Å². The first-order valence-electron chi connectivity index (χ1n) is 4.85. The lowest BCUT2D eigenvalue weighted by atomic mass is 10.0.